The van der Waals surface area contributed by atoms with Crippen molar-refractivity contribution in [2.75, 3.05) is 6.61 Å². The molecule has 4 saturated carbocycles. The van der Waals surface area contributed by atoms with Gasteiger partial charge in [0.1, 0.15) is 11.3 Å². The van der Waals surface area contributed by atoms with Crippen LogP contribution in [0.3, 0.4) is 0 Å². The highest BCUT2D eigenvalue weighted by molar-refractivity contribution is 5.75. The molecule has 0 amide bonds. The zero-order valence-corrected chi connectivity index (χ0v) is 20.7. The number of hydrogen-bond acceptors (Lipinski definition) is 6. The van der Waals surface area contributed by atoms with Crippen LogP contribution < -0.4 is 0 Å². The third-order valence-corrected chi connectivity index (χ3v) is 9.32. The van der Waals surface area contributed by atoms with Crippen molar-refractivity contribution < 1.29 is 4.74 Å². The van der Waals surface area contributed by atoms with Gasteiger partial charge in [-0.05, 0) is 70.1 Å². The fourth-order valence-corrected chi connectivity index (χ4v) is 6.73. The maximum absolute atomic E-state index is 6.19. The number of nitrogens with zero attached hydrogens (tertiary/aromatic N) is 6. The molecule has 2 atom stereocenters. The standard InChI is InChI=1S/C27H34N6O/c1-15(2)26-12-27(13-26,14-26)23-22-25(30-17(4)16(3)29-22)32-24(31-23)18-7-8-34-21(9-18)19-10-28-33(11-19)20-5-6-20/h10-11,15,18,20-21H,5-9,12-14H2,1-4H3. The first-order valence-electron chi connectivity index (χ1n) is 13.0. The molecule has 2 unspecified atom stereocenters. The Morgan fingerprint density at radius 1 is 1.00 bits per heavy atom. The van der Waals surface area contributed by atoms with Gasteiger partial charge in [0.25, 0.3) is 0 Å². The van der Waals surface area contributed by atoms with Gasteiger partial charge in [-0.25, -0.2) is 19.9 Å². The minimum Gasteiger partial charge on any atom is -0.373 e. The van der Waals surface area contributed by atoms with E-state index in [0.29, 0.717) is 11.5 Å². The van der Waals surface area contributed by atoms with Crippen molar-refractivity contribution in [3.05, 3.63) is 40.9 Å². The Morgan fingerprint density at radius 3 is 2.50 bits per heavy atom. The summed E-state index contributed by atoms with van der Waals surface area (Å²) in [6.07, 6.45) is 12.2. The zero-order chi connectivity index (χ0) is 23.2. The molecule has 0 spiro atoms. The van der Waals surface area contributed by atoms with E-state index in [1.807, 2.05) is 20.0 Å². The summed E-state index contributed by atoms with van der Waals surface area (Å²) < 4.78 is 8.30. The van der Waals surface area contributed by atoms with Crippen LogP contribution in [0.4, 0.5) is 0 Å². The van der Waals surface area contributed by atoms with Gasteiger partial charge >= 0.3 is 0 Å². The van der Waals surface area contributed by atoms with Crippen molar-refractivity contribution in [3.63, 3.8) is 0 Å². The number of aryl methyl sites for hydroxylation is 2. The average molecular weight is 459 g/mol. The van der Waals surface area contributed by atoms with Crippen LogP contribution in [0.5, 0.6) is 0 Å². The Morgan fingerprint density at radius 2 is 1.76 bits per heavy atom. The van der Waals surface area contributed by atoms with Gasteiger partial charge in [0, 0.05) is 29.7 Å². The van der Waals surface area contributed by atoms with E-state index >= 15 is 0 Å². The Hall–Kier alpha value is -2.41. The molecule has 1 aliphatic heterocycles. The number of ether oxygens (including phenoxy) is 1. The summed E-state index contributed by atoms with van der Waals surface area (Å²) >= 11 is 0. The van der Waals surface area contributed by atoms with E-state index in [1.165, 1.54) is 37.7 Å². The van der Waals surface area contributed by atoms with Gasteiger partial charge in [-0.3, -0.25) is 4.68 Å². The molecule has 3 aromatic heterocycles. The van der Waals surface area contributed by atoms with Crippen LogP contribution >= 0.6 is 0 Å². The van der Waals surface area contributed by atoms with Gasteiger partial charge in [-0.15, -0.1) is 0 Å². The van der Waals surface area contributed by atoms with Crippen LogP contribution in [0.15, 0.2) is 12.4 Å². The SMILES string of the molecule is Cc1nc2nc(C3CCOC(c4cnn(C5CC5)c4)C3)nc(C34CC(C(C)C)(C3)C4)c2nc1C. The largest absolute Gasteiger partial charge is 0.373 e. The summed E-state index contributed by atoms with van der Waals surface area (Å²) in [7, 11) is 0. The molecule has 4 heterocycles. The van der Waals surface area contributed by atoms with Crippen molar-refractivity contribution in [2.24, 2.45) is 11.3 Å². The van der Waals surface area contributed by atoms with Gasteiger partial charge in [0.05, 0.1) is 35.4 Å². The first kappa shape index (κ1) is 20.9. The lowest BCUT2D eigenvalue weighted by Gasteiger charge is -2.72. The van der Waals surface area contributed by atoms with Crippen molar-refractivity contribution in [1.82, 2.24) is 29.7 Å². The topological polar surface area (TPSA) is 78.6 Å². The molecule has 5 fully saturated rings. The summed E-state index contributed by atoms with van der Waals surface area (Å²) in [6, 6.07) is 0.590. The normalized spacial score (nSPS) is 32.6. The molecular formula is C27H34N6O. The summed E-state index contributed by atoms with van der Waals surface area (Å²) in [4.78, 5) is 20.2. The number of rotatable bonds is 5. The molecule has 178 valence electrons. The second-order valence-electron chi connectivity index (χ2n) is 11.9. The summed E-state index contributed by atoms with van der Waals surface area (Å²) in [6.45, 7) is 9.53. The second-order valence-corrected chi connectivity index (χ2v) is 11.9. The van der Waals surface area contributed by atoms with E-state index in [-0.39, 0.29) is 17.4 Å². The van der Waals surface area contributed by atoms with E-state index in [1.54, 1.807) is 0 Å². The summed E-state index contributed by atoms with van der Waals surface area (Å²) in [5.74, 6) is 1.93. The Labute approximate surface area is 200 Å². The van der Waals surface area contributed by atoms with Crippen molar-refractivity contribution >= 4 is 11.2 Å². The molecule has 0 N–H and O–H groups in total. The maximum atomic E-state index is 6.19. The summed E-state index contributed by atoms with van der Waals surface area (Å²) in [5.41, 5.74) is 6.67. The van der Waals surface area contributed by atoms with Crippen LogP contribution in [0, 0.1) is 25.2 Å². The lowest BCUT2D eigenvalue weighted by molar-refractivity contribution is -0.174. The molecule has 3 aromatic rings. The van der Waals surface area contributed by atoms with Crippen molar-refractivity contribution in [1.29, 1.82) is 0 Å². The van der Waals surface area contributed by atoms with Crippen LogP contribution in [0.25, 0.3) is 11.2 Å². The first-order chi connectivity index (χ1) is 16.4. The molecular weight excluding hydrogens is 424 g/mol. The molecule has 34 heavy (non-hydrogen) atoms. The number of fused-ring (bicyclic) bond motifs is 1. The van der Waals surface area contributed by atoms with Crippen molar-refractivity contribution in [3.8, 4) is 0 Å². The minimum absolute atomic E-state index is 0.0546. The fraction of sp³-hybridized carbons (Fsp3) is 0.667. The smallest absolute Gasteiger partial charge is 0.182 e. The average Bonchev–Trinajstić information content (AvgIpc) is 3.49. The number of aromatic nitrogens is 6. The predicted octanol–water partition coefficient (Wildman–Crippen LogP) is 5.28. The lowest BCUT2D eigenvalue weighted by atomic mass is 9.31. The van der Waals surface area contributed by atoms with Gasteiger partial charge in [-0.1, -0.05) is 13.8 Å². The molecule has 8 rings (SSSR count). The van der Waals surface area contributed by atoms with Crippen LogP contribution in [0.2, 0.25) is 0 Å². The van der Waals surface area contributed by atoms with E-state index in [4.69, 9.17) is 24.7 Å². The third-order valence-electron chi connectivity index (χ3n) is 9.32. The molecule has 2 bridgehead atoms. The van der Waals surface area contributed by atoms with Gasteiger partial charge in [0.15, 0.2) is 5.65 Å². The quantitative estimate of drug-likeness (QED) is 0.517. The van der Waals surface area contributed by atoms with Gasteiger partial charge in [0.2, 0.25) is 0 Å². The first-order valence-corrected chi connectivity index (χ1v) is 13.0. The van der Waals surface area contributed by atoms with Crippen LogP contribution in [-0.2, 0) is 10.2 Å². The monoisotopic (exact) mass is 458 g/mol. The minimum atomic E-state index is 0.0546. The van der Waals surface area contributed by atoms with Gasteiger partial charge < -0.3 is 4.74 Å². The third kappa shape index (κ3) is 3.01. The molecule has 5 aliphatic rings. The highest BCUT2D eigenvalue weighted by Crippen LogP contribution is 2.76. The molecule has 1 saturated heterocycles. The second kappa shape index (κ2) is 7.06. The molecule has 7 heteroatoms. The van der Waals surface area contributed by atoms with E-state index in [9.17, 15) is 0 Å². The molecule has 7 nitrogen and oxygen atoms in total. The van der Waals surface area contributed by atoms with Crippen LogP contribution in [-0.4, -0.2) is 36.3 Å². The Bertz CT molecular complexity index is 1270. The Kier molecular flexibility index (Phi) is 4.34. The molecule has 0 radical (unpaired) electrons. The lowest BCUT2D eigenvalue weighted by Crippen LogP contribution is -2.67. The predicted molar refractivity (Wildman–Crippen MR) is 129 cm³/mol. The Balaban J connectivity index is 1.24. The van der Waals surface area contributed by atoms with E-state index in [2.05, 4.69) is 29.8 Å². The van der Waals surface area contributed by atoms with E-state index < -0.39 is 0 Å². The summed E-state index contributed by atoms with van der Waals surface area (Å²) in [5, 5.41) is 4.59. The highest BCUT2D eigenvalue weighted by Gasteiger charge is 2.70. The fourth-order valence-electron chi connectivity index (χ4n) is 6.73. The molecule has 0 aromatic carbocycles. The van der Waals surface area contributed by atoms with Crippen LogP contribution in [0.1, 0.15) is 105 Å². The van der Waals surface area contributed by atoms with Gasteiger partial charge in [-0.2, -0.15) is 5.10 Å². The maximum Gasteiger partial charge on any atom is 0.182 e. The highest BCUT2D eigenvalue weighted by atomic mass is 16.5. The zero-order valence-electron chi connectivity index (χ0n) is 20.7. The number of hydrogen-bond donors (Lipinski definition) is 0. The van der Waals surface area contributed by atoms with Crippen molar-refractivity contribution in [2.45, 2.75) is 96.1 Å². The van der Waals surface area contributed by atoms with E-state index in [0.717, 1.165) is 59.4 Å². The molecule has 4 aliphatic carbocycles.